The fraction of sp³-hybridized carbons (Fsp3) is 0.562. The first-order valence-electron chi connectivity index (χ1n) is 7.93. The molecule has 4 nitrogen and oxygen atoms in total. The molecule has 0 radical (unpaired) electrons. The molecule has 6 heteroatoms. The van der Waals surface area contributed by atoms with Gasteiger partial charge in [-0.3, -0.25) is 4.90 Å². The summed E-state index contributed by atoms with van der Waals surface area (Å²) < 4.78 is 19.1. The van der Waals surface area contributed by atoms with Crippen LogP contribution in [-0.4, -0.2) is 34.7 Å². The van der Waals surface area contributed by atoms with Gasteiger partial charge in [0.15, 0.2) is 11.4 Å². The molecule has 1 aliphatic carbocycles. The third-order valence-electron chi connectivity index (χ3n) is 5.79. The van der Waals surface area contributed by atoms with Crippen LogP contribution in [0.15, 0.2) is 16.7 Å². The number of hydrogen-bond donors (Lipinski definition) is 1. The Morgan fingerprint density at radius 1 is 1.32 bits per heavy atom. The lowest BCUT2D eigenvalue weighted by molar-refractivity contribution is 0.0202. The van der Waals surface area contributed by atoms with Crippen LogP contribution in [0.2, 0.25) is 5.02 Å². The van der Waals surface area contributed by atoms with Gasteiger partial charge in [-0.2, -0.15) is 0 Å². The highest BCUT2D eigenvalue weighted by Crippen LogP contribution is 2.54. The molecule has 3 saturated heterocycles. The van der Waals surface area contributed by atoms with Crippen LogP contribution >= 0.6 is 11.6 Å². The molecule has 4 heterocycles. The van der Waals surface area contributed by atoms with E-state index in [-0.39, 0.29) is 5.02 Å². The minimum atomic E-state index is -0.435. The maximum Gasteiger partial charge on any atom is 0.177 e. The fourth-order valence-corrected chi connectivity index (χ4v) is 4.66. The Kier molecular flexibility index (Phi) is 2.60. The second-order valence-electron chi connectivity index (χ2n) is 6.84. The molecule has 1 spiro atoms. The van der Waals surface area contributed by atoms with Crippen molar-refractivity contribution < 1.29 is 8.91 Å². The number of piperidine rings is 3. The molecule has 4 aliphatic rings. The van der Waals surface area contributed by atoms with E-state index in [0.717, 1.165) is 0 Å². The lowest BCUT2D eigenvalue weighted by Gasteiger charge is -2.52. The third-order valence-corrected chi connectivity index (χ3v) is 6.08. The summed E-state index contributed by atoms with van der Waals surface area (Å²) in [5.74, 6) is 0.891. The van der Waals surface area contributed by atoms with Crippen molar-refractivity contribution in [2.24, 2.45) is 5.92 Å². The number of anilines is 1. The fourth-order valence-electron chi connectivity index (χ4n) is 4.51. The largest absolute Gasteiger partial charge is 0.362 e. The van der Waals surface area contributed by atoms with Crippen LogP contribution in [0, 0.1) is 11.7 Å². The van der Waals surface area contributed by atoms with E-state index >= 15 is 0 Å². The van der Waals surface area contributed by atoms with E-state index in [9.17, 15) is 4.39 Å². The molecule has 1 atom stereocenters. The van der Waals surface area contributed by atoms with Crippen molar-refractivity contribution in [3.05, 3.63) is 23.0 Å². The van der Waals surface area contributed by atoms with Crippen molar-refractivity contribution in [1.29, 1.82) is 0 Å². The monoisotopic (exact) mass is 321 g/mol. The number of hydrogen-bond acceptors (Lipinski definition) is 4. The lowest BCUT2D eigenvalue weighted by atomic mass is 9.77. The minimum absolute atomic E-state index is 0.0664. The summed E-state index contributed by atoms with van der Waals surface area (Å²) in [6.45, 7) is 2.43. The smallest absolute Gasteiger partial charge is 0.177 e. The maximum atomic E-state index is 13.8. The first-order valence-corrected chi connectivity index (χ1v) is 8.31. The summed E-state index contributed by atoms with van der Waals surface area (Å²) in [6.07, 6.45) is 4.96. The standard InChI is InChI=1S/C16H17ClFN3O/c17-11-8-13-10(7-12(11)18)15(20-22-13)19-14-9-1-5-21(6-2-9)16(14)3-4-16/h7-9,14H,1-6H2,(H,19,20)/t14-/m1/s1. The Labute approximate surface area is 132 Å². The van der Waals surface area contributed by atoms with Gasteiger partial charge < -0.3 is 9.84 Å². The topological polar surface area (TPSA) is 41.3 Å². The minimum Gasteiger partial charge on any atom is -0.362 e. The van der Waals surface area contributed by atoms with Gasteiger partial charge in [-0.25, -0.2) is 4.39 Å². The van der Waals surface area contributed by atoms with Crippen molar-refractivity contribution in [3.63, 3.8) is 0 Å². The second-order valence-corrected chi connectivity index (χ2v) is 7.25. The van der Waals surface area contributed by atoms with Gasteiger partial charge in [0.05, 0.1) is 10.4 Å². The zero-order valence-corrected chi connectivity index (χ0v) is 12.9. The molecule has 2 aromatic rings. The van der Waals surface area contributed by atoms with Gasteiger partial charge >= 0.3 is 0 Å². The first-order chi connectivity index (χ1) is 10.7. The van der Waals surface area contributed by atoms with Crippen molar-refractivity contribution in [2.75, 3.05) is 18.4 Å². The zero-order chi connectivity index (χ0) is 14.9. The van der Waals surface area contributed by atoms with E-state index < -0.39 is 5.82 Å². The highest BCUT2D eigenvalue weighted by Gasteiger charge is 2.60. The molecule has 0 unspecified atom stereocenters. The zero-order valence-electron chi connectivity index (χ0n) is 12.1. The van der Waals surface area contributed by atoms with Crippen molar-refractivity contribution in [3.8, 4) is 0 Å². The Bertz CT molecular complexity index is 749. The average Bonchev–Trinajstić information content (AvgIpc) is 3.22. The van der Waals surface area contributed by atoms with Crippen LogP contribution in [0.1, 0.15) is 25.7 Å². The summed E-state index contributed by atoms with van der Waals surface area (Å²) in [7, 11) is 0. The third kappa shape index (κ3) is 1.69. The Morgan fingerprint density at radius 2 is 2.09 bits per heavy atom. The summed E-state index contributed by atoms with van der Waals surface area (Å²) in [5.41, 5.74) is 0.831. The molecular weight excluding hydrogens is 305 g/mol. The molecule has 22 heavy (non-hydrogen) atoms. The number of nitrogens with zero attached hydrogens (tertiary/aromatic N) is 2. The first kappa shape index (κ1) is 13.1. The lowest BCUT2D eigenvalue weighted by Crippen LogP contribution is -2.62. The number of benzene rings is 1. The van der Waals surface area contributed by atoms with Gasteiger partial charge in [0.1, 0.15) is 5.82 Å². The molecule has 6 rings (SSSR count). The van der Waals surface area contributed by atoms with Crippen molar-refractivity contribution >= 4 is 28.4 Å². The predicted octanol–water partition coefficient (Wildman–Crippen LogP) is 3.66. The van der Waals surface area contributed by atoms with Crippen molar-refractivity contribution in [1.82, 2.24) is 10.1 Å². The summed E-state index contributed by atoms with van der Waals surface area (Å²) in [6, 6.07) is 3.30. The molecule has 4 fully saturated rings. The highest BCUT2D eigenvalue weighted by molar-refractivity contribution is 6.31. The van der Waals surface area contributed by atoms with E-state index in [2.05, 4.69) is 15.4 Å². The molecule has 2 bridgehead atoms. The summed E-state index contributed by atoms with van der Waals surface area (Å²) in [5, 5.41) is 8.44. The van der Waals surface area contributed by atoms with Crippen molar-refractivity contribution in [2.45, 2.75) is 37.3 Å². The molecule has 1 N–H and O–H groups in total. The summed E-state index contributed by atoms with van der Waals surface area (Å²) >= 11 is 5.81. The van der Waals surface area contributed by atoms with E-state index in [1.165, 1.54) is 50.9 Å². The van der Waals surface area contributed by atoms with Crippen LogP contribution in [0.3, 0.4) is 0 Å². The molecule has 1 saturated carbocycles. The van der Waals surface area contributed by atoms with Crippen LogP contribution in [0.4, 0.5) is 10.2 Å². The van der Waals surface area contributed by atoms with Gasteiger partial charge in [-0.1, -0.05) is 16.8 Å². The van der Waals surface area contributed by atoms with Crippen LogP contribution in [-0.2, 0) is 0 Å². The van der Waals surface area contributed by atoms with Gasteiger partial charge in [0, 0.05) is 17.6 Å². The normalized spacial score (nSPS) is 31.8. The molecule has 1 aromatic heterocycles. The van der Waals surface area contributed by atoms with Crippen LogP contribution < -0.4 is 5.32 Å². The molecule has 3 aliphatic heterocycles. The number of rotatable bonds is 2. The maximum absolute atomic E-state index is 13.8. The number of nitrogens with one attached hydrogen (secondary N) is 1. The van der Waals surface area contributed by atoms with E-state index in [4.69, 9.17) is 16.1 Å². The second kappa shape index (κ2) is 4.36. The SMILES string of the molecule is Fc1cc2c(N[C@@H]3C4CCN(CC4)C34CC4)noc2cc1Cl. The van der Waals surface area contributed by atoms with E-state index in [0.29, 0.717) is 34.3 Å². The molecule has 0 amide bonds. The predicted molar refractivity (Wildman–Crippen MR) is 82.6 cm³/mol. The molecule has 1 aromatic carbocycles. The quantitative estimate of drug-likeness (QED) is 0.916. The Morgan fingerprint density at radius 3 is 2.82 bits per heavy atom. The molecule has 116 valence electrons. The summed E-state index contributed by atoms with van der Waals surface area (Å²) in [4.78, 5) is 2.63. The van der Waals surface area contributed by atoms with Gasteiger partial charge in [0.25, 0.3) is 0 Å². The number of aromatic nitrogens is 1. The number of fused-ring (bicyclic) bond motifs is 3. The van der Waals surface area contributed by atoms with E-state index in [1.807, 2.05) is 0 Å². The van der Waals surface area contributed by atoms with Gasteiger partial charge in [-0.05, 0) is 50.8 Å². The van der Waals surface area contributed by atoms with Gasteiger partial charge in [-0.15, -0.1) is 0 Å². The Hall–Kier alpha value is -1.33. The Balaban J connectivity index is 1.52. The average molecular weight is 322 g/mol. The van der Waals surface area contributed by atoms with Crippen LogP contribution in [0.5, 0.6) is 0 Å². The number of halogens is 2. The van der Waals surface area contributed by atoms with E-state index in [1.54, 1.807) is 0 Å². The molecular formula is C16H17ClFN3O. The van der Waals surface area contributed by atoms with Crippen LogP contribution in [0.25, 0.3) is 11.0 Å². The highest BCUT2D eigenvalue weighted by atomic mass is 35.5. The van der Waals surface area contributed by atoms with Gasteiger partial charge in [0.2, 0.25) is 0 Å².